The zero-order valence-corrected chi connectivity index (χ0v) is 24.1. The molecular formula is C30H40N4O6. The van der Waals surface area contributed by atoms with Crippen LogP contribution in [0.5, 0.6) is 5.75 Å². The summed E-state index contributed by atoms with van der Waals surface area (Å²) < 4.78 is 10.6. The van der Waals surface area contributed by atoms with Crippen LogP contribution in [0.1, 0.15) is 69.2 Å². The van der Waals surface area contributed by atoms with E-state index in [4.69, 9.17) is 15.2 Å². The molecule has 0 radical (unpaired) electrons. The summed E-state index contributed by atoms with van der Waals surface area (Å²) in [6, 6.07) is 10.3. The van der Waals surface area contributed by atoms with Crippen LogP contribution in [0.4, 0.5) is 10.5 Å². The maximum atomic E-state index is 14.2. The van der Waals surface area contributed by atoms with Crippen LogP contribution in [-0.2, 0) is 19.1 Å². The van der Waals surface area contributed by atoms with Gasteiger partial charge in [-0.05, 0) is 89.3 Å². The highest BCUT2D eigenvalue weighted by atomic mass is 16.6. The number of benzene rings is 2. The Balaban J connectivity index is 2.01. The summed E-state index contributed by atoms with van der Waals surface area (Å²) in [5, 5.41) is 5.56. The monoisotopic (exact) mass is 552 g/mol. The fourth-order valence-corrected chi connectivity index (χ4v) is 4.48. The predicted molar refractivity (Wildman–Crippen MR) is 152 cm³/mol. The number of carbonyl (C=O) groups excluding carboxylic acids is 4. The van der Waals surface area contributed by atoms with Crippen LogP contribution >= 0.6 is 0 Å². The average molecular weight is 553 g/mol. The lowest BCUT2D eigenvalue weighted by atomic mass is 9.95. The molecule has 2 unspecified atom stereocenters. The van der Waals surface area contributed by atoms with E-state index in [1.807, 2.05) is 32.0 Å². The van der Waals surface area contributed by atoms with E-state index in [9.17, 15) is 19.2 Å². The molecule has 2 aromatic rings. The van der Waals surface area contributed by atoms with Gasteiger partial charge < -0.3 is 30.7 Å². The smallest absolute Gasteiger partial charge is 0.408 e. The summed E-state index contributed by atoms with van der Waals surface area (Å²) in [4.78, 5) is 54.0. The molecule has 2 aromatic carbocycles. The molecule has 10 nitrogen and oxygen atoms in total. The van der Waals surface area contributed by atoms with E-state index < -0.39 is 41.5 Å². The summed E-state index contributed by atoms with van der Waals surface area (Å²) in [5.74, 6) is -0.845. The zero-order valence-electron chi connectivity index (χ0n) is 24.1. The summed E-state index contributed by atoms with van der Waals surface area (Å²) in [6.07, 6.45) is 0.459. The molecule has 1 saturated carbocycles. The number of nitrogens with zero attached hydrogens (tertiary/aromatic N) is 1. The Bertz CT molecular complexity index is 1230. The Morgan fingerprint density at radius 3 is 2.23 bits per heavy atom. The lowest BCUT2D eigenvalue weighted by Gasteiger charge is -2.35. The molecule has 0 heterocycles. The summed E-state index contributed by atoms with van der Waals surface area (Å²) in [6.45, 7) is 8.99. The summed E-state index contributed by atoms with van der Waals surface area (Å²) in [7, 11) is 1.56. The molecule has 1 aliphatic rings. The molecule has 2 atom stereocenters. The molecule has 0 aromatic heterocycles. The molecule has 4 N–H and O–H groups in total. The predicted octanol–water partition coefficient (Wildman–Crippen LogP) is 4.14. The first kappa shape index (κ1) is 30.5. The van der Waals surface area contributed by atoms with Crippen molar-refractivity contribution in [1.82, 2.24) is 10.2 Å². The third kappa shape index (κ3) is 8.46. The number of anilines is 1. The molecule has 3 rings (SSSR count). The van der Waals surface area contributed by atoms with Crippen molar-refractivity contribution in [2.45, 2.75) is 84.0 Å². The van der Waals surface area contributed by atoms with Crippen LogP contribution in [0.25, 0.3) is 0 Å². The molecule has 1 aliphatic carbocycles. The second-order valence-corrected chi connectivity index (χ2v) is 11.2. The van der Waals surface area contributed by atoms with E-state index in [2.05, 4.69) is 10.6 Å². The van der Waals surface area contributed by atoms with Gasteiger partial charge in [0.1, 0.15) is 23.4 Å². The minimum absolute atomic E-state index is 0.0314. The number of ether oxygens (including phenoxy) is 2. The fraction of sp³-hybridized carbons (Fsp3) is 0.467. The van der Waals surface area contributed by atoms with E-state index in [1.54, 1.807) is 57.0 Å². The number of alkyl carbamates (subject to hydrolysis) is 1. The number of nitrogens with two attached hydrogens (primary N) is 1. The van der Waals surface area contributed by atoms with Gasteiger partial charge in [0.2, 0.25) is 11.8 Å². The minimum Gasteiger partial charge on any atom is -0.497 e. The number of amides is 4. The lowest BCUT2D eigenvalue weighted by molar-refractivity contribution is -0.141. The van der Waals surface area contributed by atoms with Crippen LogP contribution < -0.4 is 21.1 Å². The van der Waals surface area contributed by atoms with Crippen molar-refractivity contribution in [3.8, 4) is 5.75 Å². The van der Waals surface area contributed by atoms with E-state index in [0.717, 1.165) is 11.1 Å². The molecule has 4 amide bonds. The van der Waals surface area contributed by atoms with Gasteiger partial charge in [-0.15, -0.1) is 0 Å². The second-order valence-electron chi connectivity index (χ2n) is 11.2. The quantitative estimate of drug-likeness (QED) is 0.383. The van der Waals surface area contributed by atoms with Crippen molar-refractivity contribution in [1.29, 1.82) is 0 Å². The average Bonchev–Trinajstić information content (AvgIpc) is 3.69. The highest BCUT2D eigenvalue weighted by molar-refractivity contribution is 5.99. The van der Waals surface area contributed by atoms with Gasteiger partial charge in [-0.2, -0.15) is 0 Å². The SMILES string of the molecule is COc1ccc(NC(=O)C(c2ccc(C)cc2C)N(C(=O)C(CCC(N)=O)NC(=O)OC(C)(C)C)C2CC2)cc1. The van der Waals surface area contributed by atoms with Gasteiger partial charge in [-0.25, -0.2) is 4.79 Å². The molecule has 40 heavy (non-hydrogen) atoms. The fourth-order valence-electron chi connectivity index (χ4n) is 4.48. The van der Waals surface area contributed by atoms with Crippen LogP contribution in [0, 0.1) is 13.8 Å². The Morgan fingerprint density at radius 1 is 1.05 bits per heavy atom. The van der Waals surface area contributed by atoms with Gasteiger partial charge in [0.05, 0.1) is 7.11 Å². The second kappa shape index (κ2) is 12.8. The van der Waals surface area contributed by atoms with Gasteiger partial charge in [0, 0.05) is 18.2 Å². The maximum Gasteiger partial charge on any atom is 0.408 e. The molecule has 0 bridgehead atoms. The van der Waals surface area contributed by atoms with Crippen molar-refractivity contribution in [3.63, 3.8) is 0 Å². The Kier molecular flexibility index (Phi) is 9.78. The third-order valence-corrected chi connectivity index (χ3v) is 6.47. The van der Waals surface area contributed by atoms with Crippen molar-refractivity contribution in [2.75, 3.05) is 12.4 Å². The third-order valence-electron chi connectivity index (χ3n) is 6.47. The zero-order chi connectivity index (χ0) is 29.6. The van der Waals surface area contributed by atoms with Crippen LogP contribution in [0.3, 0.4) is 0 Å². The molecule has 216 valence electrons. The number of nitrogens with one attached hydrogen (secondary N) is 2. The van der Waals surface area contributed by atoms with Crippen molar-refractivity contribution >= 4 is 29.5 Å². The van der Waals surface area contributed by atoms with Gasteiger partial charge >= 0.3 is 6.09 Å². The van der Waals surface area contributed by atoms with E-state index in [1.165, 1.54) is 0 Å². The lowest BCUT2D eigenvalue weighted by Crippen LogP contribution is -2.53. The number of aryl methyl sites for hydroxylation is 2. The first-order valence-corrected chi connectivity index (χ1v) is 13.4. The number of hydrogen-bond donors (Lipinski definition) is 3. The topological polar surface area (TPSA) is 140 Å². The van der Waals surface area contributed by atoms with Crippen molar-refractivity contribution in [2.24, 2.45) is 5.73 Å². The molecule has 0 spiro atoms. The molecule has 10 heteroatoms. The molecular weight excluding hydrogens is 512 g/mol. The largest absolute Gasteiger partial charge is 0.497 e. The van der Waals surface area contributed by atoms with Crippen LogP contribution in [-0.4, -0.2) is 53.5 Å². The van der Waals surface area contributed by atoms with Crippen molar-refractivity contribution < 1.29 is 28.7 Å². The maximum absolute atomic E-state index is 14.2. The highest BCUT2D eigenvalue weighted by Gasteiger charge is 2.44. The molecule has 1 fully saturated rings. The van der Waals surface area contributed by atoms with E-state index in [-0.39, 0.29) is 18.9 Å². The van der Waals surface area contributed by atoms with E-state index in [0.29, 0.717) is 29.8 Å². The van der Waals surface area contributed by atoms with Crippen LogP contribution in [0.15, 0.2) is 42.5 Å². The highest BCUT2D eigenvalue weighted by Crippen LogP contribution is 2.37. The number of rotatable bonds is 11. The summed E-state index contributed by atoms with van der Waals surface area (Å²) >= 11 is 0. The van der Waals surface area contributed by atoms with Crippen LogP contribution in [0.2, 0.25) is 0 Å². The van der Waals surface area contributed by atoms with Gasteiger partial charge in [0.15, 0.2) is 0 Å². The number of carbonyl (C=O) groups is 4. The Hall–Kier alpha value is -4.08. The van der Waals surface area contributed by atoms with E-state index >= 15 is 0 Å². The van der Waals surface area contributed by atoms with Gasteiger partial charge in [-0.3, -0.25) is 14.4 Å². The normalized spacial score (nSPS) is 14.4. The number of primary amides is 1. The van der Waals surface area contributed by atoms with Gasteiger partial charge in [-0.1, -0.05) is 23.8 Å². The Morgan fingerprint density at radius 2 is 1.70 bits per heavy atom. The van der Waals surface area contributed by atoms with Gasteiger partial charge in [0.25, 0.3) is 5.91 Å². The molecule has 0 saturated heterocycles. The first-order chi connectivity index (χ1) is 18.8. The summed E-state index contributed by atoms with van der Waals surface area (Å²) in [5.41, 5.74) is 7.67. The number of hydrogen-bond acceptors (Lipinski definition) is 6. The molecule has 0 aliphatic heterocycles. The Labute approximate surface area is 235 Å². The minimum atomic E-state index is -1.12. The number of methoxy groups -OCH3 is 1. The first-order valence-electron chi connectivity index (χ1n) is 13.4. The van der Waals surface area contributed by atoms with Crippen molar-refractivity contribution in [3.05, 3.63) is 59.2 Å². The standard InChI is InChI=1S/C30H40N4O6/c1-18-7-14-23(19(2)17-18)26(27(36)32-20-8-12-22(39-6)13-9-20)34(21-10-11-21)28(37)24(15-16-25(31)35)33-29(38)40-30(3,4)5/h7-9,12-14,17,21,24,26H,10-11,15-16H2,1-6H3,(H2,31,35)(H,32,36)(H,33,38).